The van der Waals surface area contributed by atoms with E-state index in [0.29, 0.717) is 5.25 Å². The van der Waals surface area contributed by atoms with Gasteiger partial charge in [-0.05, 0) is 18.8 Å². The van der Waals surface area contributed by atoms with E-state index in [-0.39, 0.29) is 0 Å². The Hall–Kier alpha value is 0.150. The second-order valence-corrected chi connectivity index (χ2v) is 5.57. The van der Waals surface area contributed by atoms with E-state index < -0.39 is 10.8 Å². The summed E-state index contributed by atoms with van der Waals surface area (Å²) >= 11 is 0. The highest BCUT2D eigenvalue weighted by Crippen LogP contribution is 2.26. The molecule has 0 aliphatic heterocycles. The SMILES string of the molecule is CCS(=O)C1CCCC(C)C1. The summed E-state index contributed by atoms with van der Waals surface area (Å²) in [6.07, 6.45) is 5.03. The first-order valence-corrected chi connectivity index (χ1v) is 5.99. The standard InChI is InChI=1S/C9H18OS/c1-3-11(10)9-6-4-5-8(2)7-9/h8-9H,3-7H2,1-2H3. The Bertz CT molecular complexity index is 144. The van der Waals surface area contributed by atoms with Gasteiger partial charge < -0.3 is 0 Å². The lowest BCUT2D eigenvalue weighted by Crippen LogP contribution is -2.23. The van der Waals surface area contributed by atoms with Crippen LogP contribution in [0.15, 0.2) is 0 Å². The summed E-state index contributed by atoms with van der Waals surface area (Å²) < 4.78 is 11.4. The van der Waals surface area contributed by atoms with Crippen molar-refractivity contribution in [2.45, 2.75) is 44.8 Å². The highest BCUT2D eigenvalue weighted by atomic mass is 32.2. The van der Waals surface area contributed by atoms with Crippen LogP contribution in [0.3, 0.4) is 0 Å². The molecule has 0 aromatic carbocycles. The van der Waals surface area contributed by atoms with Gasteiger partial charge in [-0.1, -0.05) is 26.7 Å². The van der Waals surface area contributed by atoms with Gasteiger partial charge >= 0.3 is 0 Å². The van der Waals surface area contributed by atoms with Crippen molar-refractivity contribution in [3.8, 4) is 0 Å². The van der Waals surface area contributed by atoms with Crippen LogP contribution < -0.4 is 0 Å². The Balaban J connectivity index is 2.39. The third-order valence-electron chi connectivity index (χ3n) is 2.54. The van der Waals surface area contributed by atoms with Crippen LogP contribution in [0.2, 0.25) is 0 Å². The second kappa shape index (κ2) is 4.24. The average Bonchev–Trinajstić information content (AvgIpc) is 2.03. The molecule has 3 unspecified atom stereocenters. The van der Waals surface area contributed by atoms with Crippen LogP contribution in [0.4, 0.5) is 0 Å². The van der Waals surface area contributed by atoms with Crippen LogP contribution >= 0.6 is 0 Å². The molecule has 11 heavy (non-hydrogen) atoms. The summed E-state index contributed by atoms with van der Waals surface area (Å²) in [5.41, 5.74) is 0. The predicted molar refractivity (Wildman–Crippen MR) is 50.1 cm³/mol. The van der Waals surface area contributed by atoms with Crippen molar-refractivity contribution in [3.05, 3.63) is 0 Å². The molecule has 1 nitrogen and oxygen atoms in total. The van der Waals surface area contributed by atoms with Crippen LogP contribution in [-0.2, 0) is 10.8 Å². The second-order valence-electron chi connectivity index (χ2n) is 3.56. The van der Waals surface area contributed by atoms with Gasteiger partial charge in [0.15, 0.2) is 0 Å². The zero-order valence-corrected chi connectivity index (χ0v) is 8.32. The average molecular weight is 174 g/mol. The Morgan fingerprint density at radius 3 is 2.73 bits per heavy atom. The molecule has 3 atom stereocenters. The Morgan fingerprint density at radius 2 is 2.18 bits per heavy atom. The van der Waals surface area contributed by atoms with Gasteiger partial charge in [-0.15, -0.1) is 0 Å². The van der Waals surface area contributed by atoms with Crippen molar-refractivity contribution in [2.75, 3.05) is 5.75 Å². The molecule has 66 valence electrons. The highest BCUT2D eigenvalue weighted by molar-refractivity contribution is 7.85. The van der Waals surface area contributed by atoms with Crippen LogP contribution in [0.25, 0.3) is 0 Å². The van der Waals surface area contributed by atoms with E-state index in [9.17, 15) is 4.21 Å². The Labute approximate surface area is 72.0 Å². The van der Waals surface area contributed by atoms with Crippen molar-refractivity contribution < 1.29 is 4.21 Å². The summed E-state index contributed by atoms with van der Waals surface area (Å²) in [7, 11) is -0.534. The van der Waals surface area contributed by atoms with E-state index in [1.54, 1.807) is 0 Å². The molecular weight excluding hydrogens is 156 g/mol. The molecule has 0 N–H and O–H groups in total. The molecule has 0 heterocycles. The number of hydrogen-bond donors (Lipinski definition) is 0. The molecular formula is C9H18OS. The van der Waals surface area contributed by atoms with E-state index in [1.165, 1.54) is 25.7 Å². The smallest absolute Gasteiger partial charge is 0.0350 e. The summed E-state index contributed by atoms with van der Waals surface area (Å²) in [5, 5.41) is 0.517. The van der Waals surface area contributed by atoms with Gasteiger partial charge in [-0.25, -0.2) is 0 Å². The summed E-state index contributed by atoms with van der Waals surface area (Å²) in [6, 6.07) is 0. The molecule has 1 saturated carbocycles. The molecule has 2 heteroatoms. The van der Waals surface area contributed by atoms with Gasteiger partial charge in [-0.3, -0.25) is 4.21 Å². The quantitative estimate of drug-likeness (QED) is 0.628. The lowest BCUT2D eigenvalue weighted by molar-refractivity contribution is 0.389. The molecule has 0 saturated heterocycles. The minimum atomic E-state index is -0.534. The van der Waals surface area contributed by atoms with E-state index in [0.717, 1.165) is 11.7 Å². The summed E-state index contributed by atoms with van der Waals surface area (Å²) in [6.45, 7) is 4.30. The predicted octanol–water partition coefficient (Wildman–Crippen LogP) is 2.33. The molecule has 0 aromatic rings. The monoisotopic (exact) mass is 174 g/mol. The molecule has 0 bridgehead atoms. The zero-order valence-electron chi connectivity index (χ0n) is 7.51. The topological polar surface area (TPSA) is 17.1 Å². The van der Waals surface area contributed by atoms with Crippen molar-refractivity contribution >= 4 is 10.8 Å². The number of rotatable bonds is 2. The molecule has 1 fully saturated rings. The van der Waals surface area contributed by atoms with Crippen LogP contribution in [0.1, 0.15) is 39.5 Å². The zero-order chi connectivity index (χ0) is 8.27. The van der Waals surface area contributed by atoms with Crippen molar-refractivity contribution in [1.82, 2.24) is 0 Å². The lowest BCUT2D eigenvalue weighted by Gasteiger charge is -2.25. The summed E-state index contributed by atoms with van der Waals surface area (Å²) in [4.78, 5) is 0. The third kappa shape index (κ3) is 2.58. The largest absolute Gasteiger partial charge is 0.259 e. The first-order valence-electron chi connectivity index (χ1n) is 4.61. The third-order valence-corrected chi connectivity index (χ3v) is 4.29. The van der Waals surface area contributed by atoms with Crippen molar-refractivity contribution in [1.29, 1.82) is 0 Å². The fourth-order valence-electron chi connectivity index (χ4n) is 1.85. The van der Waals surface area contributed by atoms with Gasteiger partial charge in [0, 0.05) is 21.8 Å². The van der Waals surface area contributed by atoms with Crippen molar-refractivity contribution in [2.24, 2.45) is 5.92 Å². The lowest BCUT2D eigenvalue weighted by atomic mass is 9.91. The Morgan fingerprint density at radius 1 is 1.45 bits per heavy atom. The molecule has 0 radical (unpaired) electrons. The highest BCUT2D eigenvalue weighted by Gasteiger charge is 2.22. The van der Waals surface area contributed by atoms with Gasteiger partial charge in [-0.2, -0.15) is 0 Å². The van der Waals surface area contributed by atoms with Crippen LogP contribution in [0.5, 0.6) is 0 Å². The molecule has 1 aliphatic rings. The summed E-state index contributed by atoms with van der Waals surface area (Å²) in [5.74, 6) is 1.65. The van der Waals surface area contributed by atoms with E-state index in [1.807, 2.05) is 6.92 Å². The first kappa shape index (κ1) is 9.24. The Kier molecular flexibility index (Phi) is 3.57. The maximum absolute atomic E-state index is 11.4. The van der Waals surface area contributed by atoms with Crippen LogP contribution in [-0.4, -0.2) is 15.2 Å². The minimum absolute atomic E-state index is 0.517. The minimum Gasteiger partial charge on any atom is -0.259 e. The molecule has 0 spiro atoms. The van der Waals surface area contributed by atoms with Gasteiger partial charge in [0.05, 0.1) is 0 Å². The number of hydrogen-bond acceptors (Lipinski definition) is 1. The molecule has 1 aliphatic carbocycles. The first-order chi connectivity index (χ1) is 5.24. The molecule has 1 rings (SSSR count). The fourth-order valence-corrected chi connectivity index (χ4v) is 3.30. The van der Waals surface area contributed by atoms with Crippen LogP contribution in [0, 0.1) is 5.92 Å². The van der Waals surface area contributed by atoms with E-state index >= 15 is 0 Å². The molecule has 0 aromatic heterocycles. The maximum Gasteiger partial charge on any atom is 0.0350 e. The van der Waals surface area contributed by atoms with E-state index in [2.05, 4.69) is 6.92 Å². The van der Waals surface area contributed by atoms with Crippen molar-refractivity contribution in [3.63, 3.8) is 0 Å². The van der Waals surface area contributed by atoms with Gasteiger partial charge in [0.1, 0.15) is 0 Å². The maximum atomic E-state index is 11.4. The van der Waals surface area contributed by atoms with Gasteiger partial charge in [0.2, 0.25) is 0 Å². The van der Waals surface area contributed by atoms with Gasteiger partial charge in [0.25, 0.3) is 0 Å². The van der Waals surface area contributed by atoms with E-state index in [4.69, 9.17) is 0 Å². The normalized spacial score (nSPS) is 35.1. The fraction of sp³-hybridized carbons (Fsp3) is 1.00. The molecule has 0 amide bonds.